The predicted octanol–water partition coefficient (Wildman–Crippen LogP) is 5.01. The molecule has 2 aromatic carbocycles. The van der Waals surface area contributed by atoms with E-state index in [1.807, 2.05) is 66.4 Å². The summed E-state index contributed by atoms with van der Waals surface area (Å²) < 4.78 is 0. The Morgan fingerprint density at radius 3 is 2.10 bits per heavy atom. The lowest BCUT2D eigenvalue weighted by molar-refractivity contribution is -0.127. The predicted molar refractivity (Wildman–Crippen MR) is 116 cm³/mol. The van der Waals surface area contributed by atoms with Gasteiger partial charge in [-0.3, -0.25) is 4.79 Å². The van der Waals surface area contributed by atoms with Crippen molar-refractivity contribution >= 4 is 22.6 Å². The maximum atomic E-state index is 14.3. The van der Waals surface area contributed by atoms with Crippen molar-refractivity contribution in [3.8, 4) is 0 Å². The number of benzene rings is 2. The monoisotopic (exact) mass is 385 g/mol. The molecule has 2 bridgehead atoms. The largest absolute Gasteiger partial charge is 0.312 e. The molecule has 4 heteroatoms. The standard InChI is InChI=1S/C25H27N3O/c1-5-28(17-11-7-6-8-12-17)22(29)25-16-15-24(4,23(25,2)3)20-21(25)27-19-14-10-9-13-18(19)26-20/h6-14H,5,15-16H2,1-4H3/t24-,25+/m0/s1. The van der Waals surface area contributed by atoms with Crippen LogP contribution in [0.1, 0.15) is 51.9 Å². The first-order chi connectivity index (χ1) is 13.9. The van der Waals surface area contributed by atoms with Crippen LogP contribution in [0.2, 0.25) is 0 Å². The fourth-order valence-electron chi connectivity index (χ4n) is 5.80. The topological polar surface area (TPSA) is 46.1 Å². The summed E-state index contributed by atoms with van der Waals surface area (Å²) in [7, 11) is 0. The molecule has 4 nitrogen and oxygen atoms in total. The van der Waals surface area contributed by atoms with Crippen LogP contribution in [0.3, 0.4) is 0 Å². The minimum absolute atomic E-state index is 0.156. The summed E-state index contributed by atoms with van der Waals surface area (Å²) in [6.07, 6.45) is 1.77. The highest BCUT2D eigenvalue weighted by atomic mass is 16.2. The van der Waals surface area contributed by atoms with Gasteiger partial charge in [0.05, 0.1) is 27.8 Å². The van der Waals surface area contributed by atoms with E-state index in [-0.39, 0.29) is 16.7 Å². The van der Waals surface area contributed by atoms with Gasteiger partial charge in [0.15, 0.2) is 0 Å². The van der Waals surface area contributed by atoms with Gasteiger partial charge < -0.3 is 4.90 Å². The average Bonchev–Trinajstić information content (AvgIpc) is 3.03. The number of anilines is 1. The van der Waals surface area contributed by atoms with Crippen molar-refractivity contribution in [2.75, 3.05) is 11.4 Å². The zero-order valence-electron chi connectivity index (χ0n) is 17.6. The summed E-state index contributed by atoms with van der Waals surface area (Å²) in [5, 5.41) is 0. The third-order valence-corrected chi connectivity index (χ3v) is 7.94. The van der Waals surface area contributed by atoms with E-state index < -0.39 is 5.41 Å². The van der Waals surface area contributed by atoms with Gasteiger partial charge in [0.25, 0.3) is 0 Å². The number of hydrogen-bond donors (Lipinski definition) is 0. The number of likely N-dealkylation sites (N-methyl/N-ethyl adjacent to an activating group) is 1. The molecule has 0 unspecified atom stereocenters. The smallest absolute Gasteiger partial charge is 0.239 e. The number of fused-ring (bicyclic) bond motifs is 6. The van der Waals surface area contributed by atoms with Crippen LogP contribution in [0.15, 0.2) is 54.6 Å². The van der Waals surface area contributed by atoms with Crippen LogP contribution in [-0.4, -0.2) is 22.4 Å². The number of nitrogens with zero attached hydrogens (tertiary/aromatic N) is 3. The quantitative estimate of drug-likeness (QED) is 0.636. The zero-order chi connectivity index (χ0) is 20.4. The Hall–Kier alpha value is -2.75. The molecule has 1 fully saturated rings. The van der Waals surface area contributed by atoms with Crippen LogP contribution in [0, 0.1) is 5.41 Å². The van der Waals surface area contributed by atoms with Crippen molar-refractivity contribution in [2.45, 2.75) is 51.4 Å². The first-order valence-electron chi connectivity index (χ1n) is 10.5. The number of aromatic nitrogens is 2. The lowest BCUT2D eigenvalue weighted by atomic mass is 9.63. The average molecular weight is 386 g/mol. The molecule has 0 saturated heterocycles. The molecule has 2 aliphatic carbocycles. The summed E-state index contributed by atoms with van der Waals surface area (Å²) in [5.74, 6) is 0.156. The Morgan fingerprint density at radius 1 is 0.897 bits per heavy atom. The van der Waals surface area contributed by atoms with Gasteiger partial charge in [-0.05, 0) is 49.4 Å². The maximum absolute atomic E-state index is 14.3. The van der Waals surface area contributed by atoms with E-state index in [1.54, 1.807) is 0 Å². The van der Waals surface area contributed by atoms with E-state index >= 15 is 0 Å². The lowest BCUT2D eigenvalue weighted by Gasteiger charge is -2.42. The van der Waals surface area contributed by atoms with E-state index in [0.717, 1.165) is 41.0 Å². The van der Waals surface area contributed by atoms with Crippen LogP contribution in [0.5, 0.6) is 0 Å². The molecule has 29 heavy (non-hydrogen) atoms. The SMILES string of the molecule is CCN(C(=O)[C@@]12CC[C@@](C)(c3nc4ccccc4nc31)C2(C)C)c1ccccc1. The van der Waals surface area contributed by atoms with Crippen LogP contribution in [0.25, 0.3) is 11.0 Å². The molecular formula is C25H27N3O. The molecule has 2 atom stereocenters. The molecule has 3 aromatic rings. The molecule has 5 rings (SSSR count). The summed E-state index contributed by atoms with van der Waals surface area (Å²) in [6, 6.07) is 18.0. The first kappa shape index (κ1) is 18.3. The Morgan fingerprint density at radius 2 is 1.48 bits per heavy atom. The van der Waals surface area contributed by atoms with Crippen molar-refractivity contribution in [1.29, 1.82) is 0 Å². The van der Waals surface area contributed by atoms with Crippen LogP contribution < -0.4 is 4.90 Å². The number of hydrogen-bond acceptors (Lipinski definition) is 3. The lowest BCUT2D eigenvalue weighted by Crippen LogP contribution is -2.53. The van der Waals surface area contributed by atoms with Gasteiger partial charge >= 0.3 is 0 Å². The summed E-state index contributed by atoms with van der Waals surface area (Å²) in [4.78, 5) is 26.3. The van der Waals surface area contributed by atoms with Crippen molar-refractivity contribution in [2.24, 2.45) is 5.41 Å². The number of carbonyl (C=O) groups excluding carboxylic acids is 1. The molecule has 0 spiro atoms. The van der Waals surface area contributed by atoms with E-state index in [2.05, 4.69) is 20.8 Å². The second-order valence-electron chi connectivity index (χ2n) is 9.16. The highest BCUT2D eigenvalue weighted by Crippen LogP contribution is 2.70. The Bertz CT molecular complexity index is 1120. The molecule has 2 aliphatic rings. The number of amides is 1. The van der Waals surface area contributed by atoms with Gasteiger partial charge in [-0.15, -0.1) is 0 Å². The second-order valence-corrected chi connectivity index (χ2v) is 9.16. The highest BCUT2D eigenvalue weighted by molar-refractivity contribution is 6.03. The van der Waals surface area contributed by atoms with E-state index in [9.17, 15) is 4.79 Å². The third kappa shape index (κ3) is 2.07. The Balaban J connectivity index is 1.76. The molecular weight excluding hydrogens is 358 g/mol. The van der Waals surface area contributed by atoms with Gasteiger partial charge in [0.2, 0.25) is 5.91 Å². The van der Waals surface area contributed by atoms with Crippen molar-refractivity contribution in [1.82, 2.24) is 9.97 Å². The Labute approximate surface area is 172 Å². The summed E-state index contributed by atoms with van der Waals surface area (Å²) in [5.41, 5.74) is 3.56. The fraction of sp³-hybridized carbons (Fsp3) is 0.400. The van der Waals surface area contributed by atoms with Crippen LogP contribution >= 0.6 is 0 Å². The zero-order valence-corrected chi connectivity index (χ0v) is 17.6. The Kier molecular flexibility index (Phi) is 3.71. The summed E-state index contributed by atoms with van der Waals surface area (Å²) >= 11 is 0. The minimum Gasteiger partial charge on any atom is -0.312 e. The number of para-hydroxylation sites is 3. The first-order valence-corrected chi connectivity index (χ1v) is 10.5. The van der Waals surface area contributed by atoms with Crippen molar-refractivity contribution in [3.05, 3.63) is 66.0 Å². The van der Waals surface area contributed by atoms with Gasteiger partial charge in [-0.2, -0.15) is 0 Å². The normalized spacial score (nSPS) is 26.5. The molecule has 1 saturated carbocycles. The molecule has 1 aromatic heterocycles. The van der Waals surface area contributed by atoms with Gasteiger partial charge in [0, 0.05) is 17.6 Å². The highest BCUT2D eigenvalue weighted by Gasteiger charge is 2.73. The third-order valence-electron chi connectivity index (χ3n) is 7.94. The molecule has 1 heterocycles. The van der Waals surface area contributed by atoms with Gasteiger partial charge in [0.1, 0.15) is 0 Å². The molecule has 0 N–H and O–H groups in total. The van der Waals surface area contributed by atoms with E-state index in [1.165, 1.54) is 0 Å². The fourth-order valence-corrected chi connectivity index (χ4v) is 5.80. The van der Waals surface area contributed by atoms with Gasteiger partial charge in [-0.25, -0.2) is 9.97 Å². The second kappa shape index (κ2) is 5.88. The van der Waals surface area contributed by atoms with Crippen molar-refractivity contribution in [3.63, 3.8) is 0 Å². The minimum atomic E-state index is -0.653. The maximum Gasteiger partial charge on any atom is 0.239 e. The number of carbonyl (C=O) groups is 1. The molecule has 1 amide bonds. The molecule has 0 radical (unpaired) electrons. The van der Waals surface area contributed by atoms with Crippen LogP contribution in [-0.2, 0) is 15.6 Å². The van der Waals surface area contributed by atoms with Crippen LogP contribution in [0.4, 0.5) is 5.69 Å². The molecule has 0 aliphatic heterocycles. The number of rotatable bonds is 3. The van der Waals surface area contributed by atoms with Crippen molar-refractivity contribution < 1.29 is 4.79 Å². The van der Waals surface area contributed by atoms with E-state index in [4.69, 9.17) is 9.97 Å². The van der Waals surface area contributed by atoms with Gasteiger partial charge in [-0.1, -0.05) is 51.1 Å². The molecule has 148 valence electrons. The van der Waals surface area contributed by atoms with E-state index in [0.29, 0.717) is 6.54 Å². The summed E-state index contributed by atoms with van der Waals surface area (Å²) in [6.45, 7) is 9.43.